The molecule has 0 saturated carbocycles. The third kappa shape index (κ3) is 5.48. The molecular weight excluding hydrogens is 299 g/mol. The lowest BCUT2D eigenvalue weighted by Crippen LogP contribution is -2.49. The van der Waals surface area contributed by atoms with Crippen LogP contribution in [0.2, 0.25) is 0 Å². The summed E-state index contributed by atoms with van der Waals surface area (Å²) in [6, 6.07) is 6.26. The Bertz CT molecular complexity index is 516. The van der Waals surface area contributed by atoms with E-state index in [9.17, 15) is 9.18 Å². The molecule has 23 heavy (non-hydrogen) atoms. The number of para-hydroxylation sites is 1. The van der Waals surface area contributed by atoms with Gasteiger partial charge in [0.25, 0.3) is 0 Å². The molecule has 0 radical (unpaired) electrons. The molecule has 2 rings (SSSR count). The van der Waals surface area contributed by atoms with Gasteiger partial charge in [0.15, 0.2) is 11.6 Å². The van der Waals surface area contributed by atoms with Crippen molar-refractivity contribution in [3.05, 3.63) is 30.1 Å². The van der Waals surface area contributed by atoms with Crippen LogP contribution in [0, 0.1) is 5.82 Å². The first kappa shape index (κ1) is 17.7. The van der Waals surface area contributed by atoms with Gasteiger partial charge in [-0.1, -0.05) is 12.1 Å². The first-order chi connectivity index (χ1) is 11.0. The zero-order chi connectivity index (χ0) is 16.8. The first-order valence-corrected chi connectivity index (χ1v) is 7.95. The highest BCUT2D eigenvalue weighted by atomic mass is 19.1. The van der Waals surface area contributed by atoms with Crippen molar-refractivity contribution in [2.75, 3.05) is 39.8 Å². The number of nitrogens with zero attached hydrogens (tertiary/aromatic N) is 2. The van der Waals surface area contributed by atoms with E-state index < -0.39 is 5.82 Å². The third-order valence-electron chi connectivity index (χ3n) is 3.80. The van der Waals surface area contributed by atoms with E-state index in [4.69, 9.17) is 9.47 Å². The maximum atomic E-state index is 13.4. The number of benzene rings is 1. The van der Waals surface area contributed by atoms with Crippen molar-refractivity contribution in [2.24, 2.45) is 0 Å². The molecule has 0 aliphatic carbocycles. The largest absolute Gasteiger partial charge is 0.489 e. The maximum Gasteiger partial charge on any atom is 0.236 e. The van der Waals surface area contributed by atoms with Gasteiger partial charge in [0.2, 0.25) is 5.91 Å². The summed E-state index contributed by atoms with van der Waals surface area (Å²) in [4.78, 5) is 16.0. The van der Waals surface area contributed by atoms with Crippen molar-refractivity contribution in [1.29, 1.82) is 0 Å². The lowest BCUT2D eigenvalue weighted by molar-refractivity contribution is -0.134. The summed E-state index contributed by atoms with van der Waals surface area (Å²) in [6.45, 7) is 6.60. The number of rotatable bonds is 6. The fraction of sp³-hybridized carbons (Fsp3) is 0.588. The number of carbonyl (C=O) groups is 1. The lowest BCUT2D eigenvalue weighted by atomic mass is 10.2. The topological polar surface area (TPSA) is 42.0 Å². The predicted octanol–water partition coefficient (Wildman–Crippen LogP) is 1.77. The van der Waals surface area contributed by atoms with Crippen LogP contribution in [0.25, 0.3) is 0 Å². The molecule has 128 valence electrons. The van der Waals surface area contributed by atoms with Gasteiger partial charge in [0.05, 0.1) is 25.3 Å². The van der Waals surface area contributed by atoms with Crippen LogP contribution in [0.3, 0.4) is 0 Å². The van der Waals surface area contributed by atoms with Gasteiger partial charge in [-0.15, -0.1) is 0 Å². The number of halogens is 1. The minimum atomic E-state index is -0.391. The summed E-state index contributed by atoms with van der Waals surface area (Å²) in [5.74, 6) is -0.148. The Balaban J connectivity index is 1.73. The Morgan fingerprint density at radius 1 is 1.35 bits per heavy atom. The Kier molecular flexibility index (Phi) is 6.36. The fourth-order valence-electron chi connectivity index (χ4n) is 2.70. The van der Waals surface area contributed by atoms with Gasteiger partial charge in [-0.05, 0) is 26.0 Å². The first-order valence-electron chi connectivity index (χ1n) is 7.95. The van der Waals surface area contributed by atoms with Crippen LogP contribution in [0.4, 0.5) is 4.39 Å². The molecule has 6 heteroatoms. The van der Waals surface area contributed by atoms with Gasteiger partial charge in [0.1, 0.15) is 6.61 Å². The van der Waals surface area contributed by atoms with Gasteiger partial charge < -0.3 is 14.4 Å². The monoisotopic (exact) mass is 324 g/mol. The van der Waals surface area contributed by atoms with Crippen LogP contribution in [0.5, 0.6) is 5.75 Å². The number of hydrogen-bond acceptors (Lipinski definition) is 4. The van der Waals surface area contributed by atoms with E-state index in [1.807, 2.05) is 13.8 Å². The summed E-state index contributed by atoms with van der Waals surface area (Å²) in [5, 5.41) is 0. The summed E-state index contributed by atoms with van der Waals surface area (Å²) in [6.07, 6.45) is 0.280. The van der Waals surface area contributed by atoms with Gasteiger partial charge in [-0.2, -0.15) is 0 Å². The Hall–Kier alpha value is -1.66. The van der Waals surface area contributed by atoms with Gasteiger partial charge >= 0.3 is 0 Å². The third-order valence-corrected chi connectivity index (χ3v) is 3.80. The van der Waals surface area contributed by atoms with Crippen molar-refractivity contribution < 1.29 is 18.7 Å². The van der Waals surface area contributed by atoms with Crippen molar-refractivity contribution in [1.82, 2.24) is 9.80 Å². The molecule has 1 aromatic rings. The van der Waals surface area contributed by atoms with Crippen molar-refractivity contribution in [3.8, 4) is 5.75 Å². The van der Waals surface area contributed by atoms with E-state index in [1.54, 1.807) is 30.1 Å². The van der Waals surface area contributed by atoms with Crippen LogP contribution in [0.15, 0.2) is 24.3 Å². The molecule has 2 unspecified atom stereocenters. The van der Waals surface area contributed by atoms with Crippen molar-refractivity contribution >= 4 is 5.91 Å². The van der Waals surface area contributed by atoms with E-state index >= 15 is 0 Å². The second-order valence-corrected chi connectivity index (χ2v) is 6.05. The highest BCUT2D eigenvalue weighted by molar-refractivity contribution is 5.78. The minimum absolute atomic E-state index is 0.0310. The van der Waals surface area contributed by atoms with E-state index in [1.165, 1.54) is 6.07 Å². The van der Waals surface area contributed by atoms with E-state index in [-0.39, 0.29) is 30.5 Å². The lowest BCUT2D eigenvalue weighted by Gasteiger charge is -2.35. The normalized spacial score (nSPS) is 21.9. The number of amides is 1. The standard InChI is InChI=1S/C17H25FN2O3/c1-13-10-20(11-14(2)23-13)12-17(21)19(3)8-9-22-16-7-5-4-6-15(16)18/h4-7,13-14H,8-12H2,1-3H3. The smallest absolute Gasteiger partial charge is 0.236 e. The average molecular weight is 324 g/mol. The maximum absolute atomic E-state index is 13.4. The number of hydrogen-bond donors (Lipinski definition) is 0. The molecule has 1 aliphatic heterocycles. The molecule has 1 fully saturated rings. The van der Waals surface area contributed by atoms with Crippen LogP contribution in [-0.2, 0) is 9.53 Å². The van der Waals surface area contributed by atoms with Crippen molar-refractivity contribution in [3.63, 3.8) is 0 Å². The molecule has 5 nitrogen and oxygen atoms in total. The molecule has 1 heterocycles. The van der Waals surface area contributed by atoms with Gasteiger partial charge in [0, 0.05) is 20.1 Å². The SMILES string of the molecule is CC1CN(CC(=O)N(C)CCOc2ccccc2F)CC(C)O1. The molecule has 0 N–H and O–H groups in total. The molecule has 2 atom stereocenters. The molecule has 1 amide bonds. The minimum Gasteiger partial charge on any atom is -0.489 e. The highest BCUT2D eigenvalue weighted by Crippen LogP contribution is 2.15. The molecule has 0 aromatic heterocycles. The number of ether oxygens (including phenoxy) is 2. The van der Waals surface area contributed by atoms with E-state index in [0.29, 0.717) is 13.1 Å². The van der Waals surface area contributed by atoms with Crippen LogP contribution < -0.4 is 4.74 Å². The van der Waals surface area contributed by atoms with E-state index in [0.717, 1.165) is 13.1 Å². The molecule has 1 saturated heterocycles. The highest BCUT2D eigenvalue weighted by Gasteiger charge is 2.24. The van der Waals surface area contributed by atoms with Crippen LogP contribution >= 0.6 is 0 Å². The summed E-state index contributed by atoms with van der Waals surface area (Å²) in [7, 11) is 1.74. The summed E-state index contributed by atoms with van der Waals surface area (Å²) >= 11 is 0. The zero-order valence-electron chi connectivity index (χ0n) is 14.0. The molecular formula is C17H25FN2O3. The quantitative estimate of drug-likeness (QED) is 0.800. The van der Waals surface area contributed by atoms with Gasteiger partial charge in [-0.25, -0.2) is 4.39 Å². The number of likely N-dealkylation sites (N-methyl/N-ethyl adjacent to an activating group) is 1. The molecule has 1 aliphatic rings. The second kappa shape index (κ2) is 8.26. The Morgan fingerprint density at radius 3 is 2.65 bits per heavy atom. The van der Waals surface area contributed by atoms with Crippen LogP contribution in [-0.4, -0.2) is 67.7 Å². The Morgan fingerprint density at radius 2 is 2.00 bits per heavy atom. The predicted molar refractivity (Wildman–Crippen MR) is 86.0 cm³/mol. The van der Waals surface area contributed by atoms with Crippen LogP contribution in [0.1, 0.15) is 13.8 Å². The molecule has 0 spiro atoms. The fourth-order valence-corrected chi connectivity index (χ4v) is 2.70. The van der Waals surface area contributed by atoms with E-state index in [2.05, 4.69) is 4.90 Å². The summed E-state index contributed by atoms with van der Waals surface area (Å²) < 4.78 is 24.5. The van der Waals surface area contributed by atoms with Gasteiger partial charge in [-0.3, -0.25) is 9.69 Å². The molecule has 1 aromatic carbocycles. The number of morpholine rings is 1. The second-order valence-electron chi connectivity index (χ2n) is 6.05. The zero-order valence-corrected chi connectivity index (χ0v) is 14.0. The average Bonchev–Trinajstić information content (AvgIpc) is 2.48. The summed E-state index contributed by atoms with van der Waals surface area (Å²) in [5.41, 5.74) is 0. The number of carbonyl (C=O) groups excluding carboxylic acids is 1. The van der Waals surface area contributed by atoms with Crippen molar-refractivity contribution in [2.45, 2.75) is 26.1 Å². The Labute approximate surface area is 137 Å². The molecule has 0 bridgehead atoms.